The van der Waals surface area contributed by atoms with Crippen LogP contribution in [0.3, 0.4) is 0 Å². The highest BCUT2D eigenvalue weighted by Crippen LogP contribution is 2.31. The second-order valence-corrected chi connectivity index (χ2v) is 7.52. The summed E-state index contributed by atoms with van der Waals surface area (Å²) in [5.41, 5.74) is 11.4. The first-order valence-electron chi connectivity index (χ1n) is 9.82. The lowest BCUT2D eigenvalue weighted by molar-refractivity contribution is -0.385. The second kappa shape index (κ2) is 12.1. The van der Waals surface area contributed by atoms with E-state index in [0.717, 1.165) is 18.4 Å². The first kappa shape index (κ1) is 27.0. The summed E-state index contributed by atoms with van der Waals surface area (Å²) in [5.74, 6) is -1.48. The molecular weight excluding hydrogens is 436 g/mol. The van der Waals surface area contributed by atoms with Gasteiger partial charge in [0.05, 0.1) is 15.8 Å². The molecule has 178 valence electrons. The number of rotatable bonds is 4. The van der Waals surface area contributed by atoms with Crippen molar-refractivity contribution in [3.05, 3.63) is 74.3 Å². The largest absolute Gasteiger partial charge is 0.481 e. The summed E-state index contributed by atoms with van der Waals surface area (Å²) >= 11 is 0. The van der Waals surface area contributed by atoms with Crippen molar-refractivity contribution in [2.45, 2.75) is 38.1 Å². The number of nitrogens with two attached hydrogens (primary N) is 2. The third-order valence-electron chi connectivity index (χ3n) is 4.49. The number of non-ortho nitro benzene ring substituents is 2. The van der Waals surface area contributed by atoms with Crippen LogP contribution in [-0.2, 0) is 9.59 Å². The zero-order valence-corrected chi connectivity index (χ0v) is 17.9. The van der Waals surface area contributed by atoms with Crippen molar-refractivity contribution >= 4 is 29.0 Å². The Balaban J connectivity index is 0.000000225. The maximum absolute atomic E-state index is 10.1. The first-order chi connectivity index (χ1) is 15.4. The Morgan fingerprint density at radius 2 is 1.30 bits per heavy atom. The standard InChI is InChI=1S/C7H7NO2.C6H6N2O2.C4H7NO2.C4H6O2/c1-6-2-4-7(5-3-6)8(9)10;7-5-1-3-6(4-2-5)8(9)10;5-4(1-2-4)3(6)7;5-4(6)3-1-2-3/h2-5H,1H3;1-4H,7H2;1-2,5H2,(H,6,7);3H,1-2H2,(H,5,6). The third kappa shape index (κ3) is 10.7. The smallest absolute Gasteiger partial charge is 0.323 e. The van der Waals surface area contributed by atoms with Crippen LogP contribution < -0.4 is 11.5 Å². The van der Waals surface area contributed by atoms with Crippen LogP contribution in [0.4, 0.5) is 17.1 Å². The zero-order chi connectivity index (χ0) is 25.2. The zero-order valence-electron chi connectivity index (χ0n) is 17.9. The molecule has 6 N–H and O–H groups in total. The van der Waals surface area contributed by atoms with Gasteiger partial charge < -0.3 is 21.7 Å². The van der Waals surface area contributed by atoms with Crippen LogP contribution in [0.2, 0.25) is 0 Å². The number of aryl methyl sites for hydroxylation is 1. The van der Waals surface area contributed by atoms with Gasteiger partial charge >= 0.3 is 11.9 Å². The van der Waals surface area contributed by atoms with E-state index in [-0.39, 0.29) is 17.3 Å². The molecular formula is C21H26N4O8. The molecule has 2 saturated carbocycles. The van der Waals surface area contributed by atoms with Gasteiger partial charge in [-0.1, -0.05) is 17.7 Å². The maximum Gasteiger partial charge on any atom is 0.323 e. The van der Waals surface area contributed by atoms with E-state index in [0.29, 0.717) is 18.5 Å². The number of hydrogen-bond acceptors (Lipinski definition) is 8. The van der Waals surface area contributed by atoms with E-state index in [1.165, 1.54) is 36.4 Å². The Morgan fingerprint density at radius 1 is 0.909 bits per heavy atom. The van der Waals surface area contributed by atoms with E-state index in [9.17, 15) is 29.8 Å². The van der Waals surface area contributed by atoms with Gasteiger partial charge in [-0.25, -0.2) is 0 Å². The van der Waals surface area contributed by atoms with E-state index in [4.69, 9.17) is 21.7 Å². The molecule has 0 atom stereocenters. The highest BCUT2D eigenvalue weighted by molar-refractivity contribution is 5.81. The van der Waals surface area contributed by atoms with Gasteiger partial charge in [-0.3, -0.25) is 29.8 Å². The van der Waals surface area contributed by atoms with Crippen molar-refractivity contribution < 1.29 is 29.6 Å². The van der Waals surface area contributed by atoms with E-state index in [1.807, 2.05) is 6.92 Å². The number of hydrogen-bond donors (Lipinski definition) is 4. The lowest BCUT2D eigenvalue weighted by Crippen LogP contribution is -2.31. The van der Waals surface area contributed by atoms with Gasteiger partial charge in [0, 0.05) is 30.0 Å². The number of nitro groups is 2. The molecule has 12 heteroatoms. The van der Waals surface area contributed by atoms with Crippen LogP contribution >= 0.6 is 0 Å². The molecule has 0 radical (unpaired) electrons. The van der Waals surface area contributed by atoms with Gasteiger partial charge in [-0.05, 0) is 44.7 Å². The van der Waals surface area contributed by atoms with Crippen LogP contribution in [0.1, 0.15) is 31.2 Å². The average molecular weight is 462 g/mol. The summed E-state index contributed by atoms with van der Waals surface area (Å²) in [4.78, 5) is 39.1. The number of benzene rings is 2. The summed E-state index contributed by atoms with van der Waals surface area (Å²) in [7, 11) is 0. The highest BCUT2D eigenvalue weighted by Gasteiger charge is 2.46. The fourth-order valence-electron chi connectivity index (χ4n) is 1.94. The Labute approximate surface area is 189 Å². The normalized spacial score (nSPS) is 14.5. The minimum absolute atomic E-state index is 0.0185. The topological polar surface area (TPSA) is 213 Å². The summed E-state index contributed by atoms with van der Waals surface area (Å²) < 4.78 is 0. The molecule has 0 bridgehead atoms. The Bertz CT molecular complexity index is 913. The predicted molar refractivity (Wildman–Crippen MR) is 119 cm³/mol. The molecule has 0 heterocycles. The van der Waals surface area contributed by atoms with Gasteiger partial charge in [-0.15, -0.1) is 0 Å². The number of nitrogen functional groups attached to an aromatic ring is 1. The van der Waals surface area contributed by atoms with E-state index in [1.54, 1.807) is 12.1 Å². The fraction of sp³-hybridized carbons (Fsp3) is 0.333. The highest BCUT2D eigenvalue weighted by atomic mass is 16.6. The van der Waals surface area contributed by atoms with Crippen molar-refractivity contribution in [3.63, 3.8) is 0 Å². The number of anilines is 1. The molecule has 0 aromatic heterocycles. The lowest BCUT2D eigenvalue weighted by Gasteiger charge is -1.95. The molecule has 2 aromatic carbocycles. The van der Waals surface area contributed by atoms with Crippen molar-refractivity contribution in [2.24, 2.45) is 11.7 Å². The average Bonchev–Trinajstić information content (AvgIpc) is 3.66. The van der Waals surface area contributed by atoms with Gasteiger partial charge in [0.15, 0.2) is 0 Å². The molecule has 33 heavy (non-hydrogen) atoms. The van der Waals surface area contributed by atoms with Gasteiger partial charge in [0.1, 0.15) is 5.54 Å². The molecule has 2 fully saturated rings. The van der Waals surface area contributed by atoms with E-state index < -0.39 is 27.3 Å². The molecule has 0 amide bonds. The number of carboxylic acids is 2. The van der Waals surface area contributed by atoms with Crippen LogP contribution in [0.25, 0.3) is 0 Å². The molecule has 0 saturated heterocycles. The van der Waals surface area contributed by atoms with E-state index >= 15 is 0 Å². The molecule has 2 aromatic rings. The molecule has 0 unspecified atom stereocenters. The molecule has 2 aliphatic rings. The van der Waals surface area contributed by atoms with Gasteiger partial charge in [0.25, 0.3) is 11.4 Å². The van der Waals surface area contributed by atoms with Crippen molar-refractivity contribution in [2.75, 3.05) is 5.73 Å². The van der Waals surface area contributed by atoms with Crippen molar-refractivity contribution in [3.8, 4) is 0 Å². The number of nitro benzene ring substituents is 2. The molecule has 0 aliphatic heterocycles. The molecule has 4 rings (SSSR count). The number of carboxylic acid groups (broad SMARTS) is 2. The SMILES string of the molecule is Cc1ccc([N+](=O)[O-])cc1.NC1(C(=O)O)CC1.Nc1ccc([N+](=O)[O-])cc1.O=C(O)C1CC1. The third-order valence-corrected chi connectivity index (χ3v) is 4.49. The van der Waals surface area contributed by atoms with Gasteiger partial charge in [-0.2, -0.15) is 0 Å². The Kier molecular flexibility index (Phi) is 9.89. The second-order valence-electron chi connectivity index (χ2n) is 7.52. The van der Waals surface area contributed by atoms with Crippen LogP contribution in [-0.4, -0.2) is 37.5 Å². The Hall–Kier alpha value is -4.06. The monoisotopic (exact) mass is 462 g/mol. The summed E-state index contributed by atoms with van der Waals surface area (Å²) in [6.07, 6.45) is 3.08. The lowest BCUT2D eigenvalue weighted by atomic mass is 10.2. The number of carbonyl (C=O) groups is 2. The van der Waals surface area contributed by atoms with Crippen molar-refractivity contribution in [1.82, 2.24) is 0 Å². The quantitative estimate of drug-likeness (QED) is 0.296. The first-order valence-corrected chi connectivity index (χ1v) is 9.82. The summed E-state index contributed by atoms with van der Waals surface area (Å²) in [6.45, 7) is 1.89. The Morgan fingerprint density at radius 3 is 1.52 bits per heavy atom. The van der Waals surface area contributed by atoms with Gasteiger partial charge in [0.2, 0.25) is 0 Å². The van der Waals surface area contributed by atoms with E-state index in [2.05, 4.69) is 0 Å². The maximum atomic E-state index is 10.1. The molecule has 2 aliphatic carbocycles. The van der Waals surface area contributed by atoms with Crippen LogP contribution in [0.5, 0.6) is 0 Å². The molecule has 0 spiro atoms. The van der Waals surface area contributed by atoms with Crippen molar-refractivity contribution in [1.29, 1.82) is 0 Å². The molecule has 12 nitrogen and oxygen atoms in total. The number of aliphatic carboxylic acids is 2. The fourth-order valence-corrected chi connectivity index (χ4v) is 1.94. The minimum Gasteiger partial charge on any atom is -0.481 e. The summed E-state index contributed by atoms with van der Waals surface area (Å²) in [6, 6.07) is 12.2. The number of nitrogens with zero attached hydrogens (tertiary/aromatic N) is 2. The van der Waals surface area contributed by atoms with Crippen LogP contribution in [0.15, 0.2) is 48.5 Å². The summed E-state index contributed by atoms with van der Waals surface area (Å²) in [5, 5.41) is 36.4. The van der Waals surface area contributed by atoms with Crippen LogP contribution in [0, 0.1) is 33.1 Å². The predicted octanol–water partition coefficient (Wildman–Crippen LogP) is 3.12. The minimum atomic E-state index is -0.868.